The number of hydrogen-bond donors (Lipinski definition) is 0. The van der Waals surface area contributed by atoms with E-state index in [-0.39, 0.29) is 56.0 Å². The van der Waals surface area contributed by atoms with Crippen LogP contribution in [0.3, 0.4) is 0 Å². The summed E-state index contributed by atoms with van der Waals surface area (Å²) in [6.45, 7) is 0. The molecule has 6 heteroatoms. The molecular formula is H4CuFeO4. The molecule has 0 fully saturated rings. The molecule has 0 aliphatic carbocycles. The van der Waals surface area contributed by atoms with Gasteiger partial charge in [0.25, 0.3) is 0 Å². The van der Waals surface area contributed by atoms with Crippen molar-refractivity contribution in [3.8, 4) is 0 Å². The van der Waals surface area contributed by atoms with Crippen LogP contribution in [0.1, 0.15) is 0 Å². The summed E-state index contributed by atoms with van der Waals surface area (Å²) in [5, 5.41) is 0. The van der Waals surface area contributed by atoms with Gasteiger partial charge in [0.15, 0.2) is 0 Å². The van der Waals surface area contributed by atoms with Crippen LogP contribution in [0.5, 0.6) is 0 Å². The average Bonchev–Trinajstić information content (AvgIpc) is 0. The molecule has 0 aliphatic rings. The molecule has 0 aromatic rings. The fourth-order valence-electron chi connectivity index (χ4n) is 0. The molecule has 47 valence electrons. The second kappa shape index (κ2) is 181. The third kappa shape index (κ3) is 95.0. The Morgan fingerprint density at radius 1 is 0.500 bits per heavy atom. The van der Waals surface area contributed by atoms with Gasteiger partial charge in [-0.05, 0) is 0 Å². The molecule has 0 heterocycles. The largest absolute Gasteiger partial charge is 2.00 e. The van der Waals surface area contributed by atoms with Crippen molar-refractivity contribution in [1.82, 2.24) is 0 Å². The molecule has 0 unspecified atom stereocenters. The van der Waals surface area contributed by atoms with Gasteiger partial charge < -0.3 is 21.9 Å². The van der Waals surface area contributed by atoms with Crippen molar-refractivity contribution in [1.29, 1.82) is 0 Å². The summed E-state index contributed by atoms with van der Waals surface area (Å²) < 4.78 is 0. The minimum absolute atomic E-state index is 0. The monoisotopic (exact) mass is 187 g/mol. The maximum absolute atomic E-state index is 0. The summed E-state index contributed by atoms with van der Waals surface area (Å²) >= 11 is 0. The van der Waals surface area contributed by atoms with Crippen molar-refractivity contribution < 1.29 is 56.0 Å². The van der Waals surface area contributed by atoms with Crippen molar-refractivity contribution in [2.24, 2.45) is 0 Å². The SMILES string of the molecule is [Cu+2].[Fe+2].[OH-].[OH-].[OH-].[OH-]. The Morgan fingerprint density at radius 2 is 0.500 bits per heavy atom. The molecule has 0 aromatic heterocycles. The third-order valence-electron chi connectivity index (χ3n) is 0. The first-order valence-electron chi connectivity index (χ1n) is 0. The Labute approximate surface area is 56.5 Å². The van der Waals surface area contributed by atoms with Crippen LogP contribution in [0.2, 0.25) is 0 Å². The van der Waals surface area contributed by atoms with Crippen LogP contribution in [0.25, 0.3) is 0 Å². The summed E-state index contributed by atoms with van der Waals surface area (Å²) in [5.41, 5.74) is 0. The zero-order valence-corrected chi connectivity index (χ0v) is 4.49. The average molecular weight is 187 g/mol. The van der Waals surface area contributed by atoms with Gasteiger partial charge >= 0.3 is 34.1 Å². The summed E-state index contributed by atoms with van der Waals surface area (Å²) in [4.78, 5) is 0. The fourth-order valence-corrected chi connectivity index (χ4v) is 0. The summed E-state index contributed by atoms with van der Waals surface area (Å²) in [5.74, 6) is 0. The van der Waals surface area contributed by atoms with Gasteiger partial charge in [0.1, 0.15) is 0 Å². The van der Waals surface area contributed by atoms with E-state index in [9.17, 15) is 0 Å². The zero-order chi connectivity index (χ0) is 0. The number of rotatable bonds is 0. The molecule has 0 bridgehead atoms. The Morgan fingerprint density at radius 3 is 0.500 bits per heavy atom. The van der Waals surface area contributed by atoms with E-state index in [0.717, 1.165) is 0 Å². The summed E-state index contributed by atoms with van der Waals surface area (Å²) in [7, 11) is 0. The Hall–Kier alpha value is 0.879. The van der Waals surface area contributed by atoms with Crippen molar-refractivity contribution >= 4 is 0 Å². The van der Waals surface area contributed by atoms with Crippen molar-refractivity contribution in [2.75, 3.05) is 0 Å². The van der Waals surface area contributed by atoms with Gasteiger partial charge in [0.05, 0.1) is 0 Å². The number of hydrogen-bond acceptors (Lipinski definition) is 4. The minimum Gasteiger partial charge on any atom is -0.870 e. The van der Waals surface area contributed by atoms with Gasteiger partial charge in [-0.1, -0.05) is 0 Å². The predicted octanol–water partition coefficient (Wildman–Crippen LogP) is -0.712. The normalized spacial score (nSPS) is 0. The van der Waals surface area contributed by atoms with E-state index in [1.165, 1.54) is 0 Å². The van der Waals surface area contributed by atoms with Crippen LogP contribution >= 0.6 is 0 Å². The van der Waals surface area contributed by atoms with Crippen LogP contribution in [0.15, 0.2) is 0 Å². The molecule has 6 heavy (non-hydrogen) atoms. The van der Waals surface area contributed by atoms with Gasteiger partial charge in [-0.15, -0.1) is 0 Å². The van der Waals surface area contributed by atoms with Crippen LogP contribution in [0, 0.1) is 0 Å². The zero-order valence-electron chi connectivity index (χ0n) is 2.44. The van der Waals surface area contributed by atoms with Crippen LogP contribution in [0.4, 0.5) is 0 Å². The Bertz CT molecular complexity index is 7.51. The van der Waals surface area contributed by atoms with E-state index in [1.807, 2.05) is 0 Å². The van der Waals surface area contributed by atoms with Crippen LogP contribution in [-0.4, -0.2) is 21.9 Å². The molecule has 0 spiro atoms. The fraction of sp³-hybridized carbons (Fsp3) is 0. The summed E-state index contributed by atoms with van der Waals surface area (Å²) in [6, 6.07) is 0. The summed E-state index contributed by atoms with van der Waals surface area (Å²) in [6.07, 6.45) is 0. The predicted molar refractivity (Wildman–Crippen MR) is 7.74 cm³/mol. The third-order valence-corrected chi connectivity index (χ3v) is 0. The Kier molecular flexibility index (Phi) is 9290. The van der Waals surface area contributed by atoms with Gasteiger partial charge in [-0.3, -0.25) is 0 Å². The second-order valence-corrected chi connectivity index (χ2v) is 0. The van der Waals surface area contributed by atoms with Crippen molar-refractivity contribution in [3.05, 3.63) is 0 Å². The van der Waals surface area contributed by atoms with Crippen LogP contribution in [-0.2, 0) is 34.1 Å². The molecule has 0 saturated carbocycles. The van der Waals surface area contributed by atoms with Crippen molar-refractivity contribution in [3.63, 3.8) is 0 Å². The molecular weight excluding hydrogens is 183 g/mol. The standard InChI is InChI=1S/Cu.Fe.4H2O/h;;4*1H2/q2*+2;;;;/p-4. The maximum Gasteiger partial charge on any atom is 2.00 e. The van der Waals surface area contributed by atoms with Gasteiger partial charge in [0, 0.05) is 0 Å². The van der Waals surface area contributed by atoms with Gasteiger partial charge in [0.2, 0.25) is 0 Å². The van der Waals surface area contributed by atoms with E-state index >= 15 is 0 Å². The molecule has 0 aromatic carbocycles. The molecule has 0 amide bonds. The molecule has 4 N–H and O–H groups in total. The Balaban J connectivity index is 0. The molecule has 0 atom stereocenters. The minimum atomic E-state index is 0. The van der Waals surface area contributed by atoms with E-state index in [1.54, 1.807) is 0 Å². The maximum atomic E-state index is 0. The molecule has 1 radical (unpaired) electrons. The molecule has 4 nitrogen and oxygen atoms in total. The first-order valence-corrected chi connectivity index (χ1v) is 0. The first kappa shape index (κ1) is 308. The van der Waals surface area contributed by atoms with Crippen LogP contribution < -0.4 is 0 Å². The van der Waals surface area contributed by atoms with E-state index in [2.05, 4.69) is 0 Å². The topological polar surface area (TPSA) is 120 Å². The molecule has 0 saturated heterocycles. The van der Waals surface area contributed by atoms with E-state index < -0.39 is 0 Å². The van der Waals surface area contributed by atoms with Gasteiger partial charge in [-0.25, -0.2) is 0 Å². The quantitative estimate of drug-likeness (QED) is 0.465. The van der Waals surface area contributed by atoms with Gasteiger partial charge in [-0.2, -0.15) is 0 Å². The molecule has 0 rings (SSSR count). The molecule has 0 aliphatic heterocycles. The first-order chi connectivity index (χ1) is 0. The van der Waals surface area contributed by atoms with E-state index in [0.29, 0.717) is 0 Å². The second-order valence-electron chi connectivity index (χ2n) is 0. The van der Waals surface area contributed by atoms with E-state index in [4.69, 9.17) is 0 Å². The van der Waals surface area contributed by atoms with Crippen molar-refractivity contribution in [2.45, 2.75) is 0 Å². The smallest absolute Gasteiger partial charge is 0.870 e.